The van der Waals surface area contributed by atoms with Gasteiger partial charge < -0.3 is 0 Å². The van der Waals surface area contributed by atoms with Crippen LogP contribution in [0.1, 0.15) is 38.5 Å². The van der Waals surface area contributed by atoms with Gasteiger partial charge in [0.15, 0.2) is 0 Å². The van der Waals surface area contributed by atoms with E-state index in [0.29, 0.717) is 6.04 Å². The van der Waals surface area contributed by atoms with Crippen molar-refractivity contribution in [3.8, 4) is 0 Å². The lowest BCUT2D eigenvalue weighted by Crippen LogP contribution is -2.49. The highest BCUT2D eigenvalue weighted by Gasteiger charge is 2.35. The molecule has 15 heavy (non-hydrogen) atoms. The Kier molecular flexibility index (Phi) is 3.59. The first kappa shape index (κ1) is 10.9. The minimum Gasteiger partial charge on any atom is -0.300 e. The zero-order chi connectivity index (χ0) is 10.7. The molecule has 2 rings (SSSR count). The van der Waals surface area contributed by atoms with Gasteiger partial charge in [0.2, 0.25) is 5.91 Å². The van der Waals surface area contributed by atoms with Gasteiger partial charge in [-0.05, 0) is 38.8 Å². The molecular formula is C11H21N3O. The summed E-state index contributed by atoms with van der Waals surface area (Å²) >= 11 is 0. The van der Waals surface area contributed by atoms with Crippen molar-refractivity contribution in [2.75, 3.05) is 13.1 Å². The second-order valence-corrected chi connectivity index (χ2v) is 4.71. The number of likely N-dealkylation sites (tertiary alicyclic amines) is 1. The van der Waals surface area contributed by atoms with Crippen molar-refractivity contribution in [2.24, 2.45) is 11.8 Å². The Morgan fingerprint density at radius 1 is 1.13 bits per heavy atom. The van der Waals surface area contributed by atoms with Crippen LogP contribution in [0.15, 0.2) is 0 Å². The Hall–Kier alpha value is -0.610. The van der Waals surface area contributed by atoms with Crippen molar-refractivity contribution in [2.45, 2.75) is 44.6 Å². The summed E-state index contributed by atoms with van der Waals surface area (Å²) in [5, 5.41) is 0. The number of amides is 1. The summed E-state index contributed by atoms with van der Waals surface area (Å²) < 4.78 is 0. The minimum absolute atomic E-state index is 0.0339. The van der Waals surface area contributed by atoms with Gasteiger partial charge in [0.05, 0.1) is 5.92 Å². The standard InChI is InChI=1S/C11H21N3O/c12-13-11(15)9-5-1-2-6-10(9)14-7-3-4-8-14/h9-10H,1-8,12H2,(H,13,15)/t9-,10+/m1/s1. The van der Waals surface area contributed by atoms with Gasteiger partial charge in [-0.15, -0.1) is 0 Å². The van der Waals surface area contributed by atoms with Crippen molar-refractivity contribution in [3.05, 3.63) is 0 Å². The minimum atomic E-state index is 0.0339. The maximum atomic E-state index is 11.7. The molecule has 2 atom stereocenters. The summed E-state index contributed by atoms with van der Waals surface area (Å²) in [7, 11) is 0. The van der Waals surface area contributed by atoms with E-state index in [1.165, 1.54) is 38.8 Å². The molecule has 1 amide bonds. The molecule has 0 aromatic heterocycles. The number of carbonyl (C=O) groups is 1. The Morgan fingerprint density at radius 2 is 1.80 bits per heavy atom. The average molecular weight is 211 g/mol. The molecule has 0 aromatic rings. The van der Waals surface area contributed by atoms with Gasteiger partial charge in [0, 0.05) is 6.04 Å². The van der Waals surface area contributed by atoms with Gasteiger partial charge in [0.1, 0.15) is 0 Å². The van der Waals surface area contributed by atoms with Gasteiger partial charge in [0.25, 0.3) is 0 Å². The summed E-state index contributed by atoms with van der Waals surface area (Å²) in [4.78, 5) is 14.2. The van der Waals surface area contributed by atoms with E-state index >= 15 is 0 Å². The van der Waals surface area contributed by atoms with Crippen LogP contribution in [0.2, 0.25) is 0 Å². The van der Waals surface area contributed by atoms with Gasteiger partial charge in [-0.2, -0.15) is 0 Å². The van der Waals surface area contributed by atoms with Gasteiger partial charge in [-0.25, -0.2) is 5.84 Å². The fraction of sp³-hybridized carbons (Fsp3) is 0.909. The maximum absolute atomic E-state index is 11.7. The predicted octanol–water partition coefficient (Wildman–Crippen LogP) is 0.631. The normalized spacial score (nSPS) is 32.9. The second kappa shape index (κ2) is 4.94. The summed E-state index contributed by atoms with van der Waals surface area (Å²) in [6.45, 7) is 2.33. The summed E-state index contributed by atoms with van der Waals surface area (Å²) in [6.07, 6.45) is 7.17. The molecule has 0 bridgehead atoms. The summed E-state index contributed by atoms with van der Waals surface area (Å²) in [5.41, 5.74) is 2.32. The molecule has 1 aliphatic carbocycles. The van der Waals surface area contributed by atoms with Crippen molar-refractivity contribution in [1.82, 2.24) is 10.3 Å². The van der Waals surface area contributed by atoms with Crippen LogP contribution >= 0.6 is 0 Å². The molecule has 4 heteroatoms. The number of carbonyl (C=O) groups excluding carboxylic acids is 1. The highest BCUT2D eigenvalue weighted by Crippen LogP contribution is 2.30. The number of nitrogens with one attached hydrogen (secondary N) is 1. The van der Waals surface area contributed by atoms with E-state index in [0.717, 1.165) is 12.8 Å². The Balaban J connectivity index is 2.01. The van der Waals surface area contributed by atoms with Crippen LogP contribution in [-0.4, -0.2) is 29.9 Å². The van der Waals surface area contributed by atoms with Crippen LogP contribution in [0, 0.1) is 5.92 Å². The zero-order valence-electron chi connectivity index (χ0n) is 9.24. The van der Waals surface area contributed by atoms with Crippen LogP contribution in [0.4, 0.5) is 0 Å². The van der Waals surface area contributed by atoms with Crippen LogP contribution in [0.5, 0.6) is 0 Å². The third-order valence-electron chi connectivity index (χ3n) is 3.82. The molecule has 4 nitrogen and oxygen atoms in total. The average Bonchev–Trinajstić information content (AvgIpc) is 2.81. The third-order valence-corrected chi connectivity index (χ3v) is 3.82. The zero-order valence-corrected chi connectivity index (χ0v) is 9.24. The fourth-order valence-corrected chi connectivity index (χ4v) is 3.03. The van der Waals surface area contributed by atoms with Crippen molar-refractivity contribution >= 4 is 5.91 Å². The van der Waals surface area contributed by atoms with E-state index < -0.39 is 0 Å². The molecule has 1 aliphatic heterocycles. The van der Waals surface area contributed by atoms with Crippen LogP contribution < -0.4 is 11.3 Å². The molecule has 1 heterocycles. The topological polar surface area (TPSA) is 58.4 Å². The van der Waals surface area contributed by atoms with Crippen molar-refractivity contribution in [3.63, 3.8) is 0 Å². The van der Waals surface area contributed by atoms with E-state index in [4.69, 9.17) is 5.84 Å². The van der Waals surface area contributed by atoms with Crippen molar-refractivity contribution in [1.29, 1.82) is 0 Å². The Labute approximate surface area is 91.2 Å². The van der Waals surface area contributed by atoms with Gasteiger partial charge in [-0.1, -0.05) is 12.8 Å². The van der Waals surface area contributed by atoms with E-state index in [2.05, 4.69) is 10.3 Å². The molecule has 1 saturated heterocycles. The number of hydrogen-bond acceptors (Lipinski definition) is 3. The SMILES string of the molecule is NNC(=O)[C@@H]1CCCC[C@@H]1N1CCCC1. The van der Waals surface area contributed by atoms with E-state index in [1.807, 2.05) is 0 Å². The highest BCUT2D eigenvalue weighted by atomic mass is 16.2. The van der Waals surface area contributed by atoms with E-state index in [9.17, 15) is 4.79 Å². The molecule has 2 aliphatic rings. The lowest BCUT2D eigenvalue weighted by atomic mass is 9.83. The molecule has 0 unspecified atom stereocenters. The number of nitrogens with two attached hydrogens (primary N) is 1. The molecule has 3 N–H and O–H groups in total. The third kappa shape index (κ3) is 2.32. The first-order valence-corrected chi connectivity index (χ1v) is 6.07. The van der Waals surface area contributed by atoms with Crippen LogP contribution in [0.3, 0.4) is 0 Å². The number of nitrogens with zero attached hydrogens (tertiary/aromatic N) is 1. The Morgan fingerprint density at radius 3 is 2.47 bits per heavy atom. The molecule has 2 fully saturated rings. The number of rotatable bonds is 2. The lowest BCUT2D eigenvalue weighted by molar-refractivity contribution is -0.128. The van der Waals surface area contributed by atoms with Crippen molar-refractivity contribution < 1.29 is 4.79 Å². The maximum Gasteiger partial charge on any atom is 0.238 e. The van der Waals surface area contributed by atoms with Crippen LogP contribution in [0.25, 0.3) is 0 Å². The summed E-state index contributed by atoms with van der Waals surface area (Å²) in [5.74, 6) is 5.41. The fourth-order valence-electron chi connectivity index (χ4n) is 3.03. The summed E-state index contributed by atoms with van der Waals surface area (Å²) in [6, 6.07) is 0.449. The van der Waals surface area contributed by atoms with Crippen LogP contribution in [-0.2, 0) is 4.79 Å². The quantitative estimate of drug-likeness (QED) is 0.400. The monoisotopic (exact) mass is 211 g/mol. The second-order valence-electron chi connectivity index (χ2n) is 4.71. The molecule has 1 saturated carbocycles. The molecule has 86 valence electrons. The number of hydrogen-bond donors (Lipinski definition) is 2. The predicted molar refractivity (Wildman–Crippen MR) is 58.9 cm³/mol. The highest BCUT2D eigenvalue weighted by molar-refractivity contribution is 5.78. The van der Waals surface area contributed by atoms with Gasteiger partial charge >= 0.3 is 0 Å². The van der Waals surface area contributed by atoms with E-state index in [-0.39, 0.29) is 11.8 Å². The molecule has 0 radical (unpaired) electrons. The van der Waals surface area contributed by atoms with E-state index in [1.54, 1.807) is 0 Å². The van der Waals surface area contributed by atoms with Gasteiger partial charge in [-0.3, -0.25) is 15.1 Å². The number of hydrazine groups is 1. The first-order chi connectivity index (χ1) is 7.33. The lowest BCUT2D eigenvalue weighted by Gasteiger charge is -2.36. The Bertz CT molecular complexity index is 226. The molecule has 0 spiro atoms. The molecular weight excluding hydrogens is 190 g/mol. The largest absolute Gasteiger partial charge is 0.300 e. The molecule has 0 aromatic carbocycles. The first-order valence-electron chi connectivity index (χ1n) is 6.07. The smallest absolute Gasteiger partial charge is 0.238 e.